The number of carbonyl (C=O) groups is 1. The van der Waals surface area contributed by atoms with E-state index in [1.807, 2.05) is 0 Å². The zero-order valence-electron chi connectivity index (χ0n) is 10.1. The van der Waals surface area contributed by atoms with Crippen molar-refractivity contribution < 1.29 is 18.3 Å². The van der Waals surface area contributed by atoms with E-state index in [0.717, 1.165) is 0 Å². The molecular formula is C12H12N2O4S. The van der Waals surface area contributed by atoms with Crippen LogP contribution in [-0.4, -0.2) is 30.2 Å². The first-order chi connectivity index (χ1) is 8.94. The average molecular weight is 280 g/mol. The summed E-state index contributed by atoms with van der Waals surface area (Å²) in [5, 5.41) is 9.48. The lowest BCUT2D eigenvalue weighted by Crippen LogP contribution is -2.15. The lowest BCUT2D eigenvalue weighted by molar-refractivity contribution is 0.0699. The number of nitrogens with one attached hydrogen (secondary N) is 1. The van der Waals surface area contributed by atoms with Gasteiger partial charge in [-0.05, 0) is 25.1 Å². The highest BCUT2D eigenvalue weighted by Crippen LogP contribution is 2.25. The first kappa shape index (κ1) is 13.3. The van der Waals surface area contributed by atoms with Crippen molar-refractivity contribution in [1.29, 1.82) is 0 Å². The molecule has 0 unspecified atom stereocenters. The maximum absolute atomic E-state index is 11.6. The largest absolute Gasteiger partial charge is 0.478 e. The third-order valence-electron chi connectivity index (χ3n) is 2.65. The molecule has 0 bridgehead atoms. The van der Waals surface area contributed by atoms with Crippen LogP contribution in [0.15, 0.2) is 30.5 Å². The smallest absolute Gasteiger partial charge is 0.336 e. The summed E-state index contributed by atoms with van der Waals surface area (Å²) < 4.78 is 25.5. The number of carboxylic acid groups (broad SMARTS) is 1. The summed E-state index contributed by atoms with van der Waals surface area (Å²) in [5.74, 6) is -1.15. The predicted octanol–water partition coefficient (Wildman–Crippen LogP) is 1.69. The van der Waals surface area contributed by atoms with Gasteiger partial charge in [0.15, 0.2) is 0 Å². The Morgan fingerprint density at radius 1 is 1.37 bits per heavy atom. The molecule has 0 aliphatic heterocycles. The molecule has 0 aliphatic carbocycles. The van der Waals surface area contributed by atoms with Crippen molar-refractivity contribution in [3.8, 4) is 0 Å². The van der Waals surface area contributed by atoms with Gasteiger partial charge in [-0.2, -0.15) is 0 Å². The summed E-state index contributed by atoms with van der Waals surface area (Å²) in [5.41, 5.74) is 0.685. The van der Waals surface area contributed by atoms with Gasteiger partial charge in [0.1, 0.15) is 0 Å². The summed E-state index contributed by atoms with van der Waals surface area (Å²) in [7, 11) is -3.43. The molecule has 6 nitrogen and oxygen atoms in total. The van der Waals surface area contributed by atoms with E-state index in [-0.39, 0.29) is 17.0 Å². The van der Waals surface area contributed by atoms with Crippen molar-refractivity contribution >= 4 is 32.6 Å². The molecule has 7 heteroatoms. The van der Waals surface area contributed by atoms with Gasteiger partial charge in [0, 0.05) is 11.6 Å². The Labute approximate surface area is 110 Å². The van der Waals surface area contributed by atoms with Crippen LogP contribution in [0.2, 0.25) is 0 Å². The number of benzene rings is 1. The molecular weight excluding hydrogens is 268 g/mol. The second kappa shape index (κ2) is 4.85. The average Bonchev–Trinajstić information content (AvgIpc) is 2.38. The summed E-state index contributed by atoms with van der Waals surface area (Å²) in [6, 6.07) is 5.97. The van der Waals surface area contributed by atoms with Crippen LogP contribution >= 0.6 is 0 Å². The number of nitrogens with zero attached hydrogens (tertiary/aromatic N) is 1. The van der Waals surface area contributed by atoms with Gasteiger partial charge >= 0.3 is 5.97 Å². The van der Waals surface area contributed by atoms with Crippen LogP contribution in [0.5, 0.6) is 0 Å². The number of sulfonamides is 1. The maximum atomic E-state index is 11.6. The highest BCUT2D eigenvalue weighted by molar-refractivity contribution is 7.92. The van der Waals surface area contributed by atoms with E-state index in [4.69, 9.17) is 5.11 Å². The van der Waals surface area contributed by atoms with E-state index < -0.39 is 16.0 Å². The van der Waals surface area contributed by atoms with E-state index in [0.29, 0.717) is 10.9 Å². The lowest BCUT2D eigenvalue weighted by atomic mass is 10.1. The van der Waals surface area contributed by atoms with Gasteiger partial charge in [0.2, 0.25) is 10.0 Å². The number of aromatic nitrogens is 1. The molecule has 2 N–H and O–H groups in total. The van der Waals surface area contributed by atoms with E-state index in [2.05, 4.69) is 9.71 Å². The number of carboxylic acids is 1. The zero-order valence-corrected chi connectivity index (χ0v) is 10.9. The van der Waals surface area contributed by atoms with E-state index in [9.17, 15) is 13.2 Å². The minimum absolute atomic E-state index is 0.0675. The molecule has 1 heterocycles. The van der Waals surface area contributed by atoms with Gasteiger partial charge in [0.25, 0.3) is 0 Å². The monoisotopic (exact) mass is 280 g/mol. The van der Waals surface area contributed by atoms with E-state index in [1.54, 1.807) is 12.1 Å². The normalized spacial score (nSPS) is 11.4. The number of pyridine rings is 1. The fraction of sp³-hybridized carbons (Fsp3) is 0.167. The molecule has 2 rings (SSSR count). The van der Waals surface area contributed by atoms with Crippen molar-refractivity contribution in [2.75, 3.05) is 10.5 Å². The number of anilines is 1. The summed E-state index contributed by atoms with van der Waals surface area (Å²) in [6.45, 7) is 1.52. The molecule has 1 aromatic carbocycles. The van der Waals surface area contributed by atoms with Gasteiger partial charge in [-0.15, -0.1) is 0 Å². The molecule has 0 saturated carbocycles. The molecule has 0 radical (unpaired) electrons. The fourth-order valence-corrected chi connectivity index (χ4v) is 2.33. The first-order valence-corrected chi connectivity index (χ1v) is 7.21. The summed E-state index contributed by atoms with van der Waals surface area (Å²) in [4.78, 5) is 15.2. The van der Waals surface area contributed by atoms with E-state index in [1.165, 1.54) is 25.3 Å². The minimum Gasteiger partial charge on any atom is -0.478 e. The molecule has 0 spiro atoms. The molecule has 0 fully saturated rings. The van der Waals surface area contributed by atoms with Gasteiger partial charge in [0.05, 0.1) is 22.5 Å². The maximum Gasteiger partial charge on any atom is 0.336 e. The van der Waals surface area contributed by atoms with Crippen molar-refractivity contribution in [2.45, 2.75) is 6.92 Å². The highest BCUT2D eigenvalue weighted by Gasteiger charge is 2.15. The second-order valence-corrected chi connectivity index (χ2v) is 5.88. The predicted molar refractivity (Wildman–Crippen MR) is 71.8 cm³/mol. The number of hydrogen-bond donors (Lipinski definition) is 2. The van der Waals surface area contributed by atoms with Gasteiger partial charge in [-0.3, -0.25) is 9.71 Å². The summed E-state index contributed by atoms with van der Waals surface area (Å²) >= 11 is 0. The molecule has 1 aromatic heterocycles. The Hall–Kier alpha value is -2.15. The number of hydrogen-bond acceptors (Lipinski definition) is 4. The number of fused-ring (bicyclic) bond motifs is 1. The van der Waals surface area contributed by atoms with Crippen molar-refractivity contribution in [3.63, 3.8) is 0 Å². The second-order valence-electron chi connectivity index (χ2n) is 3.87. The van der Waals surface area contributed by atoms with Crippen LogP contribution in [0.3, 0.4) is 0 Å². The standard InChI is InChI=1S/C12H12N2O4S/c1-2-19(17,18)14-10-6-5-9(12(15)16)8-4-3-7-13-11(8)10/h3-7,14H,2H2,1H3,(H,15,16). The van der Waals surface area contributed by atoms with Crippen molar-refractivity contribution in [3.05, 3.63) is 36.0 Å². The molecule has 0 amide bonds. The molecule has 0 atom stereocenters. The quantitative estimate of drug-likeness (QED) is 0.888. The minimum atomic E-state index is -3.43. The topological polar surface area (TPSA) is 96.4 Å². The third kappa shape index (κ3) is 2.65. The Balaban J connectivity index is 2.66. The van der Waals surface area contributed by atoms with Crippen LogP contribution in [0.25, 0.3) is 10.9 Å². The Morgan fingerprint density at radius 3 is 2.74 bits per heavy atom. The molecule has 19 heavy (non-hydrogen) atoms. The highest BCUT2D eigenvalue weighted by atomic mass is 32.2. The van der Waals surface area contributed by atoms with Gasteiger partial charge in [-0.1, -0.05) is 6.07 Å². The Morgan fingerprint density at radius 2 is 2.11 bits per heavy atom. The first-order valence-electron chi connectivity index (χ1n) is 5.56. The van der Waals surface area contributed by atoms with Crippen LogP contribution in [0, 0.1) is 0 Å². The summed E-state index contributed by atoms with van der Waals surface area (Å²) in [6.07, 6.45) is 1.48. The van der Waals surface area contributed by atoms with E-state index >= 15 is 0 Å². The third-order valence-corrected chi connectivity index (χ3v) is 3.94. The van der Waals surface area contributed by atoms with Gasteiger partial charge in [-0.25, -0.2) is 13.2 Å². The van der Waals surface area contributed by atoms with Crippen molar-refractivity contribution in [1.82, 2.24) is 4.98 Å². The zero-order chi connectivity index (χ0) is 14.0. The van der Waals surface area contributed by atoms with Crippen LogP contribution < -0.4 is 4.72 Å². The Bertz CT molecular complexity index is 740. The fourth-order valence-electron chi connectivity index (χ4n) is 1.68. The lowest BCUT2D eigenvalue weighted by Gasteiger charge is -2.10. The molecule has 2 aromatic rings. The molecule has 0 saturated heterocycles. The van der Waals surface area contributed by atoms with Crippen LogP contribution in [0.4, 0.5) is 5.69 Å². The number of rotatable bonds is 4. The molecule has 100 valence electrons. The van der Waals surface area contributed by atoms with Crippen LogP contribution in [-0.2, 0) is 10.0 Å². The SMILES string of the molecule is CCS(=O)(=O)Nc1ccc(C(=O)O)c2cccnc12. The van der Waals surface area contributed by atoms with Gasteiger partial charge < -0.3 is 5.11 Å². The van der Waals surface area contributed by atoms with Crippen molar-refractivity contribution in [2.24, 2.45) is 0 Å². The Kier molecular flexibility index (Phi) is 3.39. The number of aromatic carboxylic acids is 1. The van der Waals surface area contributed by atoms with Crippen LogP contribution in [0.1, 0.15) is 17.3 Å². The molecule has 0 aliphatic rings.